The predicted molar refractivity (Wildman–Crippen MR) is 141 cm³/mol. The first kappa shape index (κ1) is 25.5. The Morgan fingerprint density at radius 3 is 2.05 bits per heavy atom. The van der Waals surface area contributed by atoms with Crippen LogP contribution >= 0.6 is 0 Å². The number of ketones is 1. The van der Waals surface area contributed by atoms with Crippen LogP contribution < -0.4 is 19.7 Å². The number of nitrogens with zero attached hydrogens (tertiary/aromatic N) is 1. The number of anilines is 2. The quantitative estimate of drug-likeness (QED) is 0.267. The summed E-state index contributed by atoms with van der Waals surface area (Å²) in [6.45, 7) is 5.22. The molecule has 2 N–H and O–H groups in total. The number of Topliss-reactive ketones (excluding diaryl/α,β-unsaturated/α-hetero) is 1. The number of rotatable bonds is 7. The highest BCUT2D eigenvalue weighted by Gasteiger charge is 2.47. The Kier molecular flexibility index (Phi) is 7.29. The number of nitrogens with one attached hydrogen (secondary N) is 1. The first-order valence-electron chi connectivity index (χ1n) is 11.8. The third kappa shape index (κ3) is 5.33. The summed E-state index contributed by atoms with van der Waals surface area (Å²) < 4.78 is 10.9. The normalized spacial score (nSPS) is 16.7. The van der Waals surface area contributed by atoms with E-state index in [0.29, 0.717) is 34.0 Å². The molecule has 3 aromatic rings. The number of carbonyl (C=O) groups is 3. The van der Waals surface area contributed by atoms with Crippen LogP contribution in [-0.4, -0.2) is 35.9 Å². The SMILES string of the molecule is COc1ccc(C2/C(=C(\O)c3ccc(OC(C)C)cc3)C(=O)C(=O)N2c2ccc(NC(C)=O)cc2)cc1. The Hall–Kier alpha value is -4.59. The Balaban J connectivity index is 1.82. The van der Waals surface area contributed by atoms with Crippen LogP contribution in [0.5, 0.6) is 11.5 Å². The third-order valence-corrected chi connectivity index (χ3v) is 5.84. The molecule has 0 spiro atoms. The van der Waals surface area contributed by atoms with Gasteiger partial charge in [0.15, 0.2) is 0 Å². The Morgan fingerprint density at radius 2 is 1.51 bits per heavy atom. The van der Waals surface area contributed by atoms with Gasteiger partial charge >= 0.3 is 0 Å². The molecule has 4 rings (SSSR count). The molecule has 0 bridgehead atoms. The molecule has 1 saturated heterocycles. The lowest BCUT2D eigenvalue weighted by molar-refractivity contribution is -0.132. The molecule has 2 amide bonds. The molecule has 1 unspecified atom stereocenters. The predicted octanol–water partition coefficient (Wildman–Crippen LogP) is 5.07. The van der Waals surface area contributed by atoms with E-state index in [1.165, 1.54) is 11.8 Å². The van der Waals surface area contributed by atoms with Crippen LogP contribution in [0.3, 0.4) is 0 Å². The Bertz CT molecular complexity index is 1340. The van der Waals surface area contributed by atoms with Gasteiger partial charge in [-0.15, -0.1) is 0 Å². The van der Waals surface area contributed by atoms with Gasteiger partial charge in [-0.25, -0.2) is 0 Å². The van der Waals surface area contributed by atoms with E-state index in [4.69, 9.17) is 9.47 Å². The van der Waals surface area contributed by atoms with E-state index in [9.17, 15) is 19.5 Å². The van der Waals surface area contributed by atoms with Gasteiger partial charge in [-0.1, -0.05) is 12.1 Å². The van der Waals surface area contributed by atoms with Crippen molar-refractivity contribution in [2.24, 2.45) is 0 Å². The standard InChI is InChI=1S/C29H28N2O6/c1-17(2)37-24-15-7-20(8-16-24)27(33)25-26(19-5-13-23(36-4)14-6-19)31(29(35)28(25)34)22-11-9-21(10-12-22)30-18(3)32/h5-17,26,33H,1-4H3,(H,30,32)/b27-25+. The zero-order valence-electron chi connectivity index (χ0n) is 21.0. The molecular formula is C29H28N2O6. The van der Waals surface area contributed by atoms with E-state index < -0.39 is 17.7 Å². The number of aliphatic hydroxyl groups excluding tert-OH is 1. The molecule has 3 aromatic carbocycles. The number of carbonyl (C=O) groups excluding carboxylic acids is 3. The number of methoxy groups -OCH3 is 1. The molecule has 8 nitrogen and oxygen atoms in total. The minimum absolute atomic E-state index is 0.0168. The minimum atomic E-state index is -0.885. The second kappa shape index (κ2) is 10.6. The van der Waals surface area contributed by atoms with Crippen LogP contribution in [0.15, 0.2) is 78.4 Å². The second-order valence-corrected chi connectivity index (χ2v) is 8.86. The number of hydrogen-bond donors (Lipinski definition) is 2. The molecule has 0 aromatic heterocycles. The Labute approximate surface area is 215 Å². The maximum atomic E-state index is 13.3. The van der Waals surface area contributed by atoms with Gasteiger partial charge in [0.1, 0.15) is 17.3 Å². The highest BCUT2D eigenvalue weighted by Crippen LogP contribution is 2.42. The number of ether oxygens (including phenoxy) is 2. The highest BCUT2D eigenvalue weighted by atomic mass is 16.5. The molecule has 0 aliphatic carbocycles. The summed E-state index contributed by atoms with van der Waals surface area (Å²) in [5, 5.41) is 14.0. The monoisotopic (exact) mass is 500 g/mol. The van der Waals surface area contributed by atoms with Crippen LogP contribution in [0, 0.1) is 0 Å². The number of aliphatic hydroxyl groups is 1. The lowest BCUT2D eigenvalue weighted by Crippen LogP contribution is -2.29. The summed E-state index contributed by atoms with van der Waals surface area (Å²) in [5.74, 6) is -0.843. The van der Waals surface area contributed by atoms with Gasteiger partial charge in [0, 0.05) is 23.9 Å². The van der Waals surface area contributed by atoms with Gasteiger partial charge in [-0.2, -0.15) is 0 Å². The number of hydrogen-bond acceptors (Lipinski definition) is 6. The van der Waals surface area contributed by atoms with Gasteiger partial charge in [0.25, 0.3) is 11.7 Å². The van der Waals surface area contributed by atoms with Crippen LogP contribution in [0.2, 0.25) is 0 Å². The van der Waals surface area contributed by atoms with Crippen molar-refractivity contribution in [3.05, 3.63) is 89.5 Å². The van der Waals surface area contributed by atoms with E-state index in [2.05, 4.69) is 5.32 Å². The van der Waals surface area contributed by atoms with Crippen molar-refractivity contribution in [1.29, 1.82) is 0 Å². The van der Waals surface area contributed by atoms with Gasteiger partial charge in [0.2, 0.25) is 5.91 Å². The van der Waals surface area contributed by atoms with Gasteiger partial charge in [-0.05, 0) is 80.1 Å². The lowest BCUT2D eigenvalue weighted by atomic mass is 9.95. The molecule has 1 aliphatic rings. The number of amides is 2. The smallest absolute Gasteiger partial charge is 0.300 e. The molecule has 1 fully saturated rings. The first-order chi connectivity index (χ1) is 17.7. The van der Waals surface area contributed by atoms with Crippen molar-refractivity contribution in [3.8, 4) is 11.5 Å². The molecule has 8 heteroatoms. The van der Waals surface area contributed by atoms with Crippen LogP contribution in [-0.2, 0) is 14.4 Å². The maximum Gasteiger partial charge on any atom is 0.300 e. The fourth-order valence-corrected chi connectivity index (χ4v) is 4.23. The Morgan fingerprint density at radius 1 is 0.919 bits per heavy atom. The summed E-state index contributed by atoms with van der Waals surface area (Å²) >= 11 is 0. The van der Waals surface area contributed by atoms with E-state index >= 15 is 0 Å². The van der Waals surface area contributed by atoms with Crippen molar-refractivity contribution in [2.45, 2.75) is 32.9 Å². The second-order valence-electron chi connectivity index (χ2n) is 8.86. The van der Waals surface area contributed by atoms with E-state index in [0.717, 1.165) is 0 Å². The van der Waals surface area contributed by atoms with Crippen molar-refractivity contribution in [1.82, 2.24) is 0 Å². The summed E-state index contributed by atoms with van der Waals surface area (Å²) in [5.41, 5.74) is 1.97. The van der Waals surface area contributed by atoms with Crippen molar-refractivity contribution in [2.75, 3.05) is 17.3 Å². The van der Waals surface area contributed by atoms with E-state index in [-0.39, 0.29) is 23.3 Å². The molecule has 37 heavy (non-hydrogen) atoms. The third-order valence-electron chi connectivity index (χ3n) is 5.84. The molecule has 1 aliphatic heterocycles. The molecule has 1 atom stereocenters. The average Bonchev–Trinajstić information content (AvgIpc) is 3.14. The highest BCUT2D eigenvalue weighted by molar-refractivity contribution is 6.51. The van der Waals surface area contributed by atoms with Gasteiger partial charge in [0.05, 0.1) is 24.8 Å². The fraction of sp³-hybridized carbons (Fsp3) is 0.207. The molecule has 190 valence electrons. The zero-order valence-corrected chi connectivity index (χ0v) is 21.0. The van der Waals surface area contributed by atoms with Gasteiger partial charge < -0.3 is 19.9 Å². The zero-order chi connectivity index (χ0) is 26.7. The fourth-order valence-electron chi connectivity index (χ4n) is 4.23. The number of benzene rings is 3. The molecule has 0 saturated carbocycles. The lowest BCUT2D eigenvalue weighted by Gasteiger charge is -2.25. The van der Waals surface area contributed by atoms with E-state index in [1.807, 2.05) is 13.8 Å². The molecular weight excluding hydrogens is 472 g/mol. The first-order valence-corrected chi connectivity index (χ1v) is 11.8. The van der Waals surface area contributed by atoms with Gasteiger partial charge in [-0.3, -0.25) is 19.3 Å². The van der Waals surface area contributed by atoms with Crippen LogP contribution in [0.25, 0.3) is 5.76 Å². The van der Waals surface area contributed by atoms with Crippen molar-refractivity contribution < 1.29 is 29.0 Å². The molecule has 1 heterocycles. The average molecular weight is 501 g/mol. The molecule has 0 radical (unpaired) electrons. The maximum absolute atomic E-state index is 13.3. The van der Waals surface area contributed by atoms with Crippen molar-refractivity contribution >= 4 is 34.7 Å². The van der Waals surface area contributed by atoms with E-state index in [1.54, 1.807) is 79.9 Å². The van der Waals surface area contributed by atoms with Crippen molar-refractivity contribution in [3.63, 3.8) is 0 Å². The summed E-state index contributed by atoms with van der Waals surface area (Å²) in [7, 11) is 1.55. The summed E-state index contributed by atoms with van der Waals surface area (Å²) in [4.78, 5) is 39.4. The summed E-state index contributed by atoms with van der Waals surface area (Å²) in [6.07, 6.45) is -0.0168. The topological polar surface area (TPSA) is 105 Å². The van der Waals surface area contributed by atoms with Crippen LogP contribution in [0.4, 0.5) is 11.4 Å². The minimum Gasteiger partial charge on any atom is -0.507 e. The summed E-state index contributed by atoms with van der Waals surface area (Å²) in [6, 6.07) is 19.4. The largest absolute Gasteiger partial charge is 0.507 e. The van der Waals surface area contributed by atoms with Crippen LogP contribution in [0.1, 0.15) is 37.9 Å².